The second-order valence-corrected chi connectivity index (χ2v) is 8.76. The third-order valence-electron chi connectivity index (χ3n) is 6.11. The fraction of sp³-hybridized carbons (Fsp3) is 0.300. The molecule has 1 heterocycles. The lowest BCUT2D eigenvalue weighted by molar-refractivity contribution is -0.0967. The Balaban J connectivity index is 1.59. The molecule has 0 saturated heterocycles. The van der Waals surface area contributed by atoms with Crippen LogP contribution in [0.25, 0.3) is 0 Å². The minimum Gasteiger partial charge on any atom is -0.465 e. The highest BCUT2D eigenvalue weighted by molar-refractivity contribution is 6.31. The summed E-state index contributed by atoms with van der Waals surface area (Å²) in [6.07, 6.45) is 1.13. The molecule has 0 unspecified atom stereocenters. The minimum atomic E-state index is -0.988. The topological polar surface area (TPSA) is 86.4 Å². The van der Waals surface area contributed by atoms with Gasteiger partial charge in [-0.3, -0.25) is 0 Å². The molecular formula is C20H16Cl2N4O2. The van der Waals surface area contributed by atoms with Crippen LogP contribution in [0.5, 0.6) is 0 Å². The van der Waals surface area contributed by atoms with Crippen LogP contribution in [0.3, 0.4) is 0 Å². The van der Waals surface area contributed by atoms with Gasteiger partial charge in [-0.15, -0.1) is 10.2 Å². The van der Waals surface area contributed by atoms with Gasteiger partial charge < -0.3 is 10.4 Å². The maximum atomic E-state index is 11.1. The van der Waals surface area contributed by atoms with Crippen molar-refractivity contribution < 1.29 is 9.90 Å². The first-order valence-electron chi connectivity index (χ1n) is 8.92. The van der Waals surface area contributed by atoms with Gasteiger partial charge in [0.25, 0.3) is 0 Å². The van der Waals surface area contributed by atoms with Crippen molar-refractivity contribution >= 4 is 35.0 Å². The van der Waals surface area contributed by atoms with Crippen molar-refractivity contribution in [3.05, 3.63) is 69.7 Å². The van der Waals surface area contributed by atoms with Gasteiger partial charge in [0.2, 0.25) is 0 Å². The van der Waals surface area contributed by atoms with Gasteiger partial charge in [-0.05, 0) is 59.9 Å². The van der Waals surface area contributed by atoms with Gasteiger partial charge in [-0.1, -0.05) is 47.5 Å². The fourth-order valence-electron chi connectivity index (χ4n) is 5.08. The van der Waals surface area contributed by atoms with E-state index in [-0.39, 0.29) is 11.0 Å². The fourth-order valence-corrected chi connectivity index (χ4v) is 5.33. The van der Waals surface area contributed by atoms with E-state index < -0.39 is 11.6 Å². The molecule has 0 atom stereocenters. The van der Waals surface area contributed by atoms with E-state index in [0.717, 1.165) is 16.8 Å². The predicted octanol–water partition coefficient (Wildman–Crippen LogP) is 5.25. The Bertz CT molecular complexity index is 966. The molecule has 2 aromatic rings. The monoisotopic (exact) mass is 414 g/mol. The lowest BCUT2D eigenvalue weighted by Gasteiger charge is -2.70. The summed E-state index contributed by atoms with van der Waals surface area (Å²) in [5, 5.41) is 26.2. The van der Waals surface area contributed by atoms with Crippen LogP contribution < -0.4 is 5.32 Å². The first-order valence-corrected chi connectivity index (χ1v) is 9.67. The number of nitrogens with zero attached hydrogens (tertiary/aromatic N) is 3. The number of hydrogen-bond acceptors (Lipinski definition) is 4. The van der Waals surface area contributed by atoms with Crippen molar-refractivity contribution in [1.29, 1.82) is 0 Å². The molecule has 1 amide bonds. The predicted molar refractivity (Wildman–Crippen MR) is 106 cm³/mol. The molecular weight excluding hydrogens is 399 g/mol. The summed E-state index contributed by atoms with van der Waals surface area (Å²) in [5.74, 6) is 0. The van der Waals surface area contributed by atoms with Crippen LogP contribution in [0.15, 0.2) is 64.0 Å². The molecule has 2 bridgehead atoms. The average molecular weight is 415 g/mol. The summed E-state index contributed by atoms with van der Waals surface area (Å²) in [4.78, 5) is 11.1. The van der Waals surface area contributed by atoms with Crippen LogP contribution in [0.4, 0.5) is 4.79 Å². The number of hydrogen-bond donors (Lipinski definition) is 2. The quantitative estimate of drug-likeness (QED) is 0.715. The highest BCUT2D eigenvalue weighted by Crippen LogP contribution is 2.70. The van der Waals surface area contributed by atoms with Gasteiger partial charge in [-0.2, -0.15) is 0 Å². The van der Waals surface area contributed by atoms with Crippen LogP contribution >= 0.6 is 23.2 Å². The number of benzene rings is 2. The highest BCUT2D eigenvalue weighted by Gasteiger charge is 2.74. The van der Waals surface area contributed by atoms with Crippen LogP contribution in [0.1, 0.15) is 30.4 Å². The van der Waals surface area contributed by atoms with E-state index in [1.54, 1.807) is 0 Å². The van der Waals surface area contributed by atoms with E-state index in [1.807, 2.05) is 48.5 Å². The number of amides is 1. The summed E-state index contributed by atoms with van der Waals surface area (Å²) in [6.45, 7) is 0. The zero-order chi connectivity index (χ0) is 19.6. The first-order chi connectivity index (χ1) is 13.4. The zero-order valence-corrected chi connectivity index (χ0v) is 16.2. The minimum absolute atomic E-state index is 0.203. The maximum absolute atomic E-state index is 11.1. The number of halogens is 2. The Hall–Kier alpha value is -2.44. The molecule has 0 aromatic heterocycles. The molecule has 8 heteroatoms. The highest BCUT2D eigenvalue weighted by atomic mass is 35.5. The SMILES string of the molecule is O=C(O)NC12CC(C3=NN=NC3(c3ccc(Cl)cc3)c3ccc(Cl)cc3)(C1)C2. The first kappa shape index (κ1) is 17.6. The smallest absolute Gasteiger partial charge is 0.405 e. The third-order valence-corrected chi connectivity index (χ3v) is 6.61. The molecule has 6 nitrogen and oxygen atoms in total. The van der Waals surface area contributed by atoms with Crippen LogP contribution in [0.2, 0.25) is 10.0 Å². The van der Waals surface area contributed by atoms with E-state index in [0.29, 0.717) is 29.3 Å². The average Bonchev–Trinajstić information content (AvgIpc) is 3.03. The number of carbonyl (C=O) groups is 1. The van der Waals surface area contributed by atoms with Gasteiger partial charge in [0.1, 0.15) is 0 Å². The van der Waals surface area contributed by atoms with Gasteiger partial charge in [0, 0.05) is 21.0 Å². The number of rotatable bonds is 4. The summed E-state index contributed by atoms with van der Waals surface area (Å²) < 4.78 is 0. The lowest BCUT2D eigenvalue weighted by Crippen LogP contribution is -2.78. The molecule has 142 valence electrons. The molecule has 4 aliphatic rings. The zero-order valence-electron chi connectivity index (χ0n) is 14.7. The Morgan fingerprint density at radius 1 is 0.929 bits per heavy atom. The molecule has 3 aliphatic carbocycles. The molecule has 2 N–H and O–H groups in total. The summed E-state index contributed by atoms with van der Waals surface area (Å²) >= 11 is 12.2. The van der Waals surface area contributed by atoms with Crippen molar-refractivity contribution in [2.75, 3.05) is 0 Å². The Morgan fingerprint density at radius 2 is 1.43 bits per heavy atom. The second-order valence-electron chi connectivity index (χ2n) is 7.88. The molecule has 1 aliphatic heterocycles. The summed E-state index contributed by atoms with van der Waals surface area (Å²) in [7, 11) is 0. The van der Waals surface area contributed by atoms with E-state index in [4.69, 9.17) is 28.3 Å². The Morgan fingerprint density at radius 3 is 1.89 bits per heavy atom. The van der Waals surface area contributed by atoms with Crippen molar-refractivity contribution in [3.8, 4) is 0 Å². The standard InChI is InChI=1S/C20H16Cl2N4O2/c21-14-5-1-12(2-6-14)20(13-3-7-15(22)8-4-13)16(24-26-25-20)18-9-19(10-18,11-18)23-17(27)28/h1-8,23H,9-11H2,(H,27,28). The van der Waals surface area contributed by atoms with E-state index in [2.05, 4.69) is 20.8 Å². The third kappa shape index (κ3) is 2.34. The maximum Gasteiger partial charge on any atom is 0.405 e. The van der Waals surface area contributed by atoms with E-state index in [9.17, 15) is 4.79 Å². The molecule has 6 rings (SSSR count). The van der Waals surface area contributed by atoms with E-state index >= 15 is 0 Å². The van der Waals surface area contributed by atoms with Crippen molar-refractivity contribution in [1.82, 2.24) is 5.32 Å². The number of nitrogens with one attached hydrogen (secondary N) is 1. The van der Waals surface area contributed by atoms with Gasteiger partial charge in [-0.25, -0.2) is 4.79 Å². The van der Waals surface area contributed by atoms with Crippen molar-refractivity contribution in [3.63, 3.8) is 0 Å². The molecule has 0 radical (unpaired) electrons. The largest absolute Gasteiger partial charge is 0.465 e. The Labute approximate surface area is 171 Å². The van der Waals surface area contributed by atoms with Gasteiger partial charge in [0.05, 0.1) is 5.71 Å². The van der Waals surface area contributed by atoms with Crippen molar-refractivity contribution in [2.45, 2.75) is 30.3 Å². The Kier molecular flexibility index (Phi) is 3.64. The van der Waals surface area contributed by atoms with Crippen LogP contribution in [-0.4, -0.2) is 22.5 Å². The normalized spacial score (nSPS) is 28.9. The van der Waals surface area contributed by atoms with E-state index in [1.165, 1.54) is 0 Å². The second kappa shape index (κ2) is 5.78. The van der Waals surface area contributed by atoms with Crippen molar-refractivity contribution in [2.24, 2.45) is 20.9 Å². The van der Waals surface area contributed by atoms with Gasteiger partial charge in [0.15, 0.2) is 5.54 Å². The van der Waals surface area contributed by atoms with Crippen LogP contribution in [0, 0.1) is 5.41 Å². The molecule has 2 aromatic carbocycles. The van der Waals surface area contributed by atoms with Crippen LogP contribution in [-0.2, 0) is 5.54 Å². The van der Waals surface area contributed by atoms with Gasteiger partial charge >= 0.3 is 6.09 Å². The molecule has 28 heavy (non-hydrogen) atoms. The number of carboxylic acid groups (broad SMARTS) is 1. The molecule has 3 saturated carbocycles. The summed E-state index contributed by atoms with van der Waals surface area (Å²) in [6, 6.07) is 15.1. The lowest BCUT2D eigenvalue weighted by atomic mass is 9.36. The summed E-state index contributed by atoms with van der Waals surface area (Å²) in [5.41, 5.74) is 1.30. The molecule has 3 fully saturated rings. The molecule has 0 spiro atoms.